The topological polar surface area (TPSA) is 72.6 Å². The molecule has 0 aliphatic carbocycles. The van der Waals surface area contributed by atoms with Crippen LogP contribution in [0.4, 0.5) is 5.69 Å². The minimum absolute atomic E-state index is 0.0280. The van der Waals surface area contributed by atoms with Crippen LogP contribution in [0.1, 0.15) is 0 Å². The van der Waals surface area contributed by atoms with Crippen LogP contribution in [0.5, 0.6) is 0 Å². The molecule has 0 N–H and O–H groups in total. The molecule has 0 saturated heterocycles. The van der Waals surface area contributed by atoms with Gasteiger partial charge >= 0.3 is 10.0 Å². The molecule has 0 amide bonds. The Morgan fingerprint density at radius 1 is 0.900 bits per heavy atom. The molecule has 20 heavy (non-hydrogen) atoms. The third kappa shape index (κ3) is 3.47. The second kappa shape index (κ2) is 5.78. The van der Waals surface area contributed by atoms with Crippen LogP contribution >= 0.6 is 23.2 Å². The molecule has 2 aromatic rings. The van der Waals surface area contributed by atoms with Crippen LogP contribution in [-0.2, 0) is 10.0 Å². The average Bonchev–Trinajstić information content (AvgIpc) is 2.39. The van der Waals surface area contributed by atoms with Gasteiger partial charge in [-0.25, -0.2) is 0 Å². The zero-order valence-corrected chi connectivity index (χ0v) is 12.2. The smallest absolute Gasteiger partial charge is 0.337 e. The second-order valence-electron chi connectivity index (χ2n) is 3.76. The minimum atomic E-state index is -4.09. The number of sulfonamides is 1. The van der Waals surface area contributed by atoms with E-state index in [0.717, 1.165) is 0 Å². The van der Waals surface area contributed by atoms with Gasteiger partial charge in [0.1, 0.15) is 4.52 Å². The molecule has 0 unspecified atom stereocenters. The van der Waals surface area contributed by atoms with Gasteiger partial charge in [-0.2, -0.15) is 8.42 Å². The lowest BCUT2D eigenvalue weighted by Crippen LogP contribution is -2.02. The summed E-state index contributed by atoms with van der Waals surface area (Å²) in [5.41, 5.74) is 0.0620. The van der Waals surface area contributed by atoms with Gasteiger partial charge in [0.2, 0.25) is 5.69 Å². The number of benzene rings is 2. The van der Waals surface area contributed by atoms with Gasteiger partial charge in [-0.05, 0) is 41.3 Å². The van der Waals surface area contributed by atoms with Crippen molar-refractivity contribution in [2.24, 2.45) is 4.52 Å². The van der Waals surface area contributed by atoms with Gasteiger partial charge < -0.3 is 5.21 Å². The van der Waals surface area contributed by atoms with Gasteiger partial charge in [0.15, 0.2) is 0 Å². The maximum Gasteiger partial charge on any atom is 0.337 e. The molecule has 0 aromatic heterocycles. The Bertz CT molecular complexity index is 741. The number of hydrogen-bond acceptors (Lipinski definition) is 3. The summed E-state index contributed by atoms with van der Waals surface area (Å²) in [7, 11) is -4.09. The zero-order chi connectivity index (χ0) is 14.8. The molecule has 0 radical (unpaired) electrons. The van der Waals surface area contributed by atoms with E-state index in [2.05, 4.69) is 4.52 Å². The first kappa shape index (κ1) is 14.8. The lowest BCUT2D eigenvalue weighted by Gasteiger charge is -2.01. The van der Waals surface area contributed by atoms with Crippen molar-refractivity contribution in [2.45, 2.75) is 4.90 Å². The molecule has 0 heterocycles. The summed E-state index contributed by atoms with van der Waals surface area (Å²) >= 11 is 11.3. The van der Waals surface area contributed by atoms with Crippen LogP contribution in [0, 0.1) is 5.21 Å². The molecule has 0 aliphatic rings. The summed E-state index contributed by atoms with van der Waals surface area (Å²) in [6.07, 6.45) is 0. The molecular formula is C12H8Cl2N2O3S. The maximum absolute atomic E-state index is 11.9. The lowest BCUT2D eigenvalue weighted by molar-refractivity contribution is -0.430. The Kier molecular flexibility index (Phi) is 4.27. The van der Waals surface area contributed by atoms with Crippen molar-refractivity contribution in [1.29, 1.82) is 0 Å². The van der Waals surface area contributed by atoms with Crippen molar-refractivity contribution in [3.8, 4) is 0 Å². The lowest BCUT2D eigenvalue weighted by atomic mass is 10.3. The van der Waals surface area contributed by atoms with E-state index in [4.69, 9.17) is 23.2 Å². The van der Waals surface area contributed by atoms with Gasteiger partial charge in [-0.1, -0.05) is 23.2 Å². The molecule has 0 aliphatic heterocycles. The van der Waals surface area contributed by atoms with Gasteiger partial charge in [0.25, 0.3) is 0 Å². The Balaban J connectivity index is 2.37. The van der Waals surface area contributed by atoms with E-state index in [-0.39, 0.29) is 15.4 Å². The Morgan fingerprint density at radius 2 is 1.35 bits per heavy atom. The van der Waals surface area contributed by atoms with Crippen LogP contribution < -0.4 is 0 Å². The highest BCUT2D eigenvalue weighted by molar-refractivity contribution is 7.89. The quantitative estimate of drug-likeness (QED) is 0.485. The van der Waals surface area contributed by atoms with E-state index >= 15 is 0 Å². The van der Waals surface area contributed by atoms with E-state index in [1.54, 1.807) is 0 Å². The molecule has 0 fully saturated rings. The molecule has 0 spiro atoms. The van der Waals surface area contributed by atoms with Crippen LogP contribution in [-0.4, -0.2) is 13.3 Å². The zero-order valence-electron chi connectivity index (χ0n) is 9.90. The van der Waals surface area contributed by atoms with Crippen molar-refractivity contribution >= 4 is 38.9 Å². The van der Waals surface area contributed by atoms with E-state index in [1.807, 2.05) is 0 Å². The van der Waals surface area contributed by atoms with Gasteiger partial charge in [-0.3, -0.25) is 0 Å². The fraction of sp³-hybridized carbons (Fsp3) is 0. The molecule has 0 saturated carbocycles. The van der Waals surface area contributed by atoms with E-state index in [1.165, 1.54) is 48.5 Å². The predicted octanol–water partition coefficient (Wildman–Crippen LogP) is 3.98. The summed E-state index contributed by atoms with van der Waals surface area (Å²) in [6, 6.07) is 11.0. The van der Waals surface area contributed by atoms with E-state index in [9.17, 15) is 13.6 Å². The van der Waals surface area contributed by atoms with E-state index < -0.39 is 10.0 Å². The second-order valence-corrected chi connectivity index (χ2v) is 6.22. The molecule has 2 aromatic carbocycles. The van der Waals surface area contributed by atoms with Crippen LogP contribution in [0.25, 0.3) is 0 Å². The highest BCUT2D eigenvalue weighted by atomic mass is 35.5. The monoisotopic (exact) mass is 330 g/mol. The highest BCUT2D eigenvalue weighted by Gasteiger charge is 2.18. The van der Waals surface area contributed by atoms with Crippen molar-refractivity contribution in [2.75, 3.05) is 0 Å². The normalized spacial score (nSPS) is 12.4. The molecule has 5 nitrogen and oxygen atoms in total. The highest BCUT2D eigenvalue weighted by Crippen LogP contribution is 2.20. The van der Waals surface area contributed by atoms with Crippen molar-refractivity contribution in [3.05, 3.63) is 63.8 Å². The molecule has 0 bridgehead atoms. The summed E-state index contributed by atoms with van der Waals surface area (Å²) in [6.45, 7) is 0. The van der Waals surface area contributed by atoms with Crippen molar-refractivity contribution in [1.82, 2.24) is 0 Å². The standard InChI is InChI=1S/C12H8Cl2N2O3S/c13-9-1-5-11(6-2-9)16(17)15-20(18,19)12-7-3-10(14)4-8-12/h1-8H/b16-15-. The largest absolute Gasteiger partial charge is 0.593 e. The van der Waals surface area contributed by atoms with Crippen molar-refractivity contribution in [3.63, 3.8) is 0 Å². The SMILES string of the molecule is O=S(=O)(/N=[N+](\[O-])c1ccc(Cl)cc1)c1ccc(Cl)cc1. The van der Waals surface area contributed by atoms with Crippen LogP contribution in [0.2, 0.25) is 10.0 Å². The summed E-state index contributed by atoms with van der Waals surface area (Å²) in [5.74, 6) is 0. The Morgan fingerprint density at radius 3 is 1.85 bits per heavy atom. The molecule has 104 valence electrons. The number of rotatable bonds is 3. The molecule has 0 atom stereocenters. The molecule has 8 heteroatoms. The molecule has 2 rings (SSSR count). The Hall–Kier alpha value is -1.63. The van der Waals surface area contributed by atoms with Crippen LogP contribution in [0.15, 0.2) is 57.9 Å². The summed E-state index contributed by atoms with van der Waals surface area (Å²) in [5, 5.41) is 12.5. The third-order valence-corrected chi connectivity index (χ3v) is 4.08. The summed E-state index contributed by atoms with van der Waals surface area (Å²) < 4.78 is 27.0. The maximum atomic E-state index is 11.9. The fourth-order valence-electron chi connectivity index (χ4n) is 1.37. The average molecular weight is 331 g/mol. The molecular weight excluding hydrogens is 323 g/mol. The van der Waals surface area contributed by atoms with Gasteiger partial charge in [0, 0.05) is 22.2 Å². The minimum Gasteiger partial charge on any atom is -0.593 e. The van der Waals surface area contributed by atoms with Gasteiger partial charge in [-0.15, -0.1) is 0 Å². The number of hydrogen-bond donors (Lipinski definition) is 0. The first-order valence-corrected chi connectivity index (χ1v) is 7.54. The first-order valence-electron chi connectivity index (χ1n) is 5.35. The van der Waals surface area contributed by atoms with Gasteiger partial charge in [0.05, 0.1) is 4.90 Å². The Labute approximate surface area is 125 Å². The fourth-order valence-corrected chi connectivity index (χ4v) is 2.48. The predicted molar refractivity (Wildman–Crippen MR) is 75.8 cm³/mol. The van der Waals surface area contributed by atoms with E-state index in [0.29, 0.717) is 10.0 Å². The van der Waals surface area contributed by atoms with Crippen LogP contribution in [0.3, 0.4) is 0 Å². The summed E-state index contributed by atoms with van der Waals surface area (Å²) in [4.78, 5) is -0.0861. The first-order chi connectivity index (χ1) is 9.38. The van der Waals surface area contributed by atoms with Crippen molar-refractivity contribution < 1.29 is 13.3 Å². The number of halogens is 2. The number of nitrogens with zero attached hydrogens (tertiary/aromatic N) is 2. The third-order valence-electron chi connectivity index (χ3n) is 2.34.